The number of hydrogen-bond donors (Lipinski definition) is 0. The Morgan fingerprint density at radius 3 is 2.57 bits per heavy atom. The van der Waals surface area contributed by atoms with Crippen molar-refractivity contribution in [3.63, 3.8) is 0 Å². The van der Waals surface area contributed by atoms with Crippen LogP contribution < -0.4 is 15.0 Å². The normalized spacial score (nSPS) is 10.6. The monoisotopic (exact) mass is 382 g/mol. The van der Waals surface area contributed by atoms with E-state index in [9.17, 15) is 9.59 Å². The fraction of sp³-hybridized carbons (Fsp3) is 0.286. The predicted molar refractivity (Wildman–Crippen MR) is 104 cm³/mol. The van der Waals surface area contributed by atoms with Gasteiger partial charge in [-0.05, 0) is 37.6 Å². The van der Waals surface area contributed by atoms with Crippen LogP contribution in [0.25, 0.3) is 5.65 Å². The number of para-hydroxylation sites is 2. The summed E-state index contributed by atoms with van der Waals surface area (Å²) in [5.41, 5.74) is 1.47. The van der Waals surface area contributed by atoms with E-state index < -0.39 is 5.97 Å². The van der Waals surface area contributed by atoms with Gasteiger partial charge in [-0.15, -0.1) is 0 Å². The SMILES string of the molecule is CCCOc1ccccc1OCC(=O)OCc1cc(=O)n2c(C)cccc2n1. The van der Waals surface area contributed by atoms with Crippen molar-refractivity contribution in [2.24, 2.45) is 0 Å². The number of esters is 1. The molecule has 2 aromatic heterocycles. The van der Waals surface area contributed by atoms with Crippen molar-refractivity contribution in [2.45, 2.75) is 26.9 Å². The molecule has 0 aliphatic carbocycles. The number of benzene rings is 1. The number of carbonyl (C=O) groups is 1. The number of aryl methyl sites for hydroxylation is 1. The molecule has 0 fully saturated rings. The van der Waals surface area contributed by atoms with Crippen molar-refractivity contribution >= 4 is 11.6 Å². The van der Waals surface area contributed by atoms with Crippen LogP contribution in [0, 0.1) is 6.92 Å². The first-order valence-electron chi connectivity index (χ1n) is 9.07. The van der Waals surface area contributed by atoms with Gasteiger partial charge in [0.1, 0.15) is 12.3 Å². The fourth-order valence-electron chi connectivity index (χ4n) is 2.67. The summed E-state index contributed by atoms with van der Waals surface area (Å²) in [6.07, 6.45) is 0.870. The van der Waals surface area contributed by atoms with Crippen LogP contribution in [-0.4, -0.2) is 28.6 Å². The Morgan fingerprint density at radius 2 is 1.82 bits per heavy atom. The summed E-state index contributed by atoms with van der Waals surface area (Å²) >= 11 is 0. The average Bonchev–Trinajstić information content (AvgIpc) is 2.69. The lowest BCUT2D eigenvalue weighted by atomic mass is 10.3. The molecular formula is C21H22N2O5. The Balaban J connectivity index is 1.59. The van der Waals surface area contributed by atoms with Gasteiger partial charge < -0.3 is 14.2 Å². The maximum Gasteiger partial charge on any atom is 0.344 e. The van der Waals surface area contributed by atoms with Gasteiger partial charge in [-0.3, -0.25) is 9.20 Å². The van der Waals surface area contributed by atoms with Crippen LogP contribution in [0.5, 0.6) is 11.5 Å². The van der Waals surface area contributed by atoms with Crippen LogP contribution >= 0.6 is 0 Å². The van der Waals surface area contributed by atoms with E-state index in [-0.39, 0.29) is 18.8 Å². The first kappa shape index (κ1) is 19.4. The van der Waals surface area contributed by atoms with Crippen LogP contribution in [0.15, 0.2) is 53.3 Å². The van der Waals surface area contributed by atoms with E-state index in [0.29, 0.717) is 29.4 Å². The predicted octanol–water partition coefficient (Wildman–Crippen LogP) is 2.91. The number of pyridine rings is 1. The zero-order valence-electron chi connectivity index (χ0n) is 15.9. The molecule has 0 spiro atoms. The highest BCUT2D eigenvalue weighted by Crippen LogP contribution is 2.26. The van der Waals surface area contributed by atoms with Crippen molar-refractivity contribution in [3.8, 4) is 11.5 Å². The van der Waals surface area contributed by atoms with Gasteiger partial charge >= 0.3 is 5.97 Å². The van der Waals surface area contributed by atoms with E-state index >= 15 is 0 Å². The Hall–Kier alpha value is -3.35. The summed E-state index contributed by atoms with van der Waals surface area (Å²) in [6.45, 7) is 4.03. The quantitative estimate of drug-likeness (QED) is 0.558. The fourth-order valence-corrected chi connectivity index (χ4v) is 2.67. The Labute approximate surface area is 162 Å². The van der Waals surface area contributed by atoms with Gasteiger partial charge in [-0.25, -0.2) is 9.78 Å². The lowest BCUT2D eigenvalue weighted by Gasteiger charge is -2.12. The molecule has 1 aromatic carbocycles. The smallest absolute Gasteiger partial charge is 0.344 e. The molecule has 7 heteroatoms. The summed E-state index contributed by atoms with van der Waals surface area (Å²) in [6, 6.07) is 13.9. The molecule has 0 unspecified atom stereocenters. The topological polar surface area (TPSA) is 79.1 Å². The highest BCUT2D eigenvalue weighted by molar-refractivity contribution is 5.71. The number of rotatable bonds is 8. The Morgan fingerprint density at radius 1 is 1.07 bits per heavy atom. The molecule has 0 aliphatic rings. The third kappa shape index (κ3) is 4.68. The molecule has 0 saturated carbocycles. The molecule has 7 nitrogen and oxygen atoms in total. The largest absolute Gasteiger partial charge is 0.490 e. The van der Waals surface area contributed by atoms with Gasteiger partial charge in [0.2, 0.25) is 0 Å². The minimum atomic E-state index is -0.559. The zero-order valence-corrected chi connectivity index (χ0v) is 15.9. The minimum Gasteiger partial charge on any atom is -0.490 e. The summed E-state index contributed by atoms with van der Waals surface area (Å²) in [5.74, 6) is 0.499. The molecule has 28 heavy (non-hydrogen) atoms. The highest BCUT2D eigenvalue weighted by atomic mass is 16.6. The van der Waals surface area contributed by atoms with Gasteiger partial charge in [0.25, 0.3) is 5.56 Å². The van der Waals surface area contributed by atoms with Crippen LogP contribution in [0.4, 0.5) is 0 Å². The van der Waals surface area contributed by atoms with Gasteiger partial charge in [-0.2, -0.15) is 0 Å². The van der Waals surface area contributed by atoms with E-state index in [2.05, 4.69) is 4.98 Å². The molecule has 0 amide bonds. The van der Waals surface area contributed by atoms with Gasteiger partial charge in [-0.1, -0.05) is 25.1 Å². The van der Waals surface area contributed by atoms with E-state index in [1.54, 1.807) is 24.3 Å². The van der Waals surface area contributed by atoms with Crippen molar-refractivity contribution in [3.05, 3.63) is 70.3 Å². The second-order valence-electron chi connectivity index (χ2n) is 6.19. The van der Waals surface area contributed by atoms with E-state index in [0.717, 1.165) is 12.1 Å². The molecule has 0 atom stereocenters. The second kappa shape index (κ2) is 9.03. The third-order valence-corrected chi connectivity index (χ3v) is 3.97. The average molecular weight is 382 g/mol. The zero-order chi connectivity index (χ0) is 19.9. The van der Waals surface area contributed by atoms with Crippen LogP contribution in [-0.2, 0) is 16.1 Å². The number of fused-ring (bicyclic) bond motifs is 1. The highest BCUT2D eigenvalue weighted by Gasteiger charge is 2.10. The Kier molecular flexibility index (Phi) is 6.26. The van der Waals surface area contributed by atoms with Crippen molar-refractivity contribution in [2.75, 3.05) is 13.2 Å². The summed E-state index contributed by atoms with van der Waals surface area (Å²) in [4.78, 5) is 28.6. The van der Waals surface area contributed by atoms with E-state index in [1.807, 2.05) is 32.0 Å². The number of carbonyl (C=O) groups excluding carboxylic acids is 1. The van der Waals surface area contributed by atoms with Crippen LogP contribution in [0.2, 0.25) is 0 Å². The molecule has 0 aliphatic heterocycles. The van der Waals surface area contributed by atoms with Crippen molar-refractivity contribution < 1.29 is 19.0 Å². The van der Waals surface area contributed by atoms with Crippen molar-refractivity contribution in [1.29, 1.82) is 0 Å². The number of nitrogens with zero attached hydrogens (tertiary/aromatic N) is 2. The van der Waals surface area contributed by atoms with Gasteiger partial charge in [0, 0.05) is 11.8 Å². The van der Waals surface area contributed by atoms with Crippen LogP contribution in [0.1, 0.15) is 24.7 Å². The van der Waals surface area contributed by atoms with Gasteiger partial charge in [0.15, 0.2) is 18.1 Å². The summed E-state index contributed by atoms with van der Waals surface area (Å²) in [7, 11) is 0. The summed E-state index contributed by atoms with van der Waals surface area (Å²) < 4.78 is 17.8. The molecule has 0 N–H and O–H groups in total. The second-order valence-corrected chi connectivity index (χ2v) is 6.19. The van der Waals surface area contributed by atoms with Crippen LogP contribution in [0.3, 0.4) is 0 Å². The van der Waals surface area contributed by atoms with Gasteiger partial charge in [0.05, 0.1) is 12.3 Å². The molecule has 3 rings (SSSR count). The number of ether oxygens (including phenoxy) is 3. The number of aromatic nitrogens is 2. The third-order valence-electron chi connectivity index (χ3n) is 3.97. The van der Waals surface area contributed by atoms with Crippen molar-refractivity contribution in [1.82, 2.24) is 9.38 Å². The molecule has 146 valence electrons. The van der Waals surface area contributed by atoms with E-state index in [4.69, 9.17) is 14.2 Å². The lowest BCUT2D eigenvalue weighted by Crippen LogP contribution is -2.19. The summed E-state index contributed by atoms with van der Waals surface area (Å²) in [5, 5.41) is 0. The minimum absolute atomic E-state index is 0.101. The standard InChI is InChI=1S/C21H22N2O5/c1-3-11-26-17-8-4-5-9-18(17)27-14-21(25)28-13-16-12-20(24)23-15(2)7-6-10-19(23)22-16/h4-10,12H,3,11,13-14H2,1-2H3. The lowest BCUT2D eigenvalue weighted by molar-refractivity contribution is -0.147. The molecule has 0 saturated heterocycles. The Bertz CT molecular complexity index is 1030. The molecule has 3 aromatic rings. The molecule has 0 radical (unpaired) electrons. The molecule has 0 bridgehead atoms. The maximum atomic E-state index is 12.2. The maximum absolute atomic E-state index is 12.2. The molecule has 2 heterocycles. The first-order chi connectivity index (χ1) is 13.6. The number of hydrogen-bond acceptors (Lipinski definition) is 6. The first-order valence-corrected chi connectivity index (χ1v) is 9.07. The molecular weight excluding hydrogens is 360 g/mol. The van der Waals surface area contributed by atoms with E-state index in [1.165, 1.54) is 10.5 Å².